The minimum Gasteiger partial charge on any atom is -0.486 e. The Bertz CT molecular complexity index is 520. The third-order valence-electron chi connectivity index (χ3n) is 4.02. The second-order valence-electron chi connectivity index (χ2n) is 5.50. The maximum absolute atomic E-state index is 12.4. The fourth-order valence-corrected chi connectivity index (χ4v) is 3.81. The van der Waals surface area contributed by atoms with Crippen LogP contribution in [0.1, 0.15) is 36.0 Å². The van der Waals surface area contributed by atoms with Crippen molar-refractivity contribution in [3.8, 4) is 11.5 Å². The van der Waals surface area contributed by atoms with Crippen molar-refractivity contribution in [2.45, 2.75) is 29.7 Å². The van der Waals surface area contributed by atoms with Crippen molar-refractivity contribution in [2.75, 3.05) is 26.3 Å². The number of benzene rings is 1. The van der Waals surface area contributed by atoms with E-state index in [1.807, 2.05) is 18.2 Å². The lowest BCUT2D eigenvalue weighted by Crippen LogP contribution is -2.36. The number of nitrogens with zero attached hydrogens (tertiary/aromatic N) is 1. The quantitative estimate of drug-likeness (QED) is 0.336. The van der Waals surface area contributed by atoms with Crippen LogP contribution in [0.5, 0.6) is 11.5 Å². The molecular formula is C16H20INO3. The smallest absolute Gasteiger partial charge is 0.164 e. The van der Waals surface area contributed by atoms with Crippen LogP contribution < -0.4 is 9.47 Å². The highest BCUT2D eigenvalue weighted by molar-refractivity contribution is 14.1. The highest BCUT2D eigenvalue weighted by Crippen LogP contribution is 2.31. The van der Waals surface area contributed by atoms with E-state index < -0.39 is 0 Å². The zero-order chi connectivity index (χ0) is 14.7. The van der Waals surface area contributed by atoms with Gasteiger partial charge in [-0.1, -0.05) is 22.6 Å². The predicted molar refractivity (Wildman–Crippen MR) is 89.6 cm³/mol. The van der Waals surface area contributed by atoms with E-state index in [0.29, 0.717) is 29.4 Å². The number of fused-ring (bicyclic) bond motifs is 1. The van der Waals surface area contributed by atoms with E-state index in [2.05, 4.69) is 27.5 Å². The number of likely N-dealkylation sites (tertiary alicyclic amines) is 1. The van der Waals surface area contributed by atoms with Crippen LogP contribution in [-0.2, 0) is 0 Å². The molecule has 0 amide bonds. The van der Waals surface area contributed by atoms with Crippen LogP contribution in [0.15, 0.2) is 18.2 Å². The van der Waals surface area contributed by atoms with Gasteiger partial charge in [0.05, 0.1) is 4.05 Å². The van der Waals surface area contributed by atoms with E-state index in [-0.39, 0.29) is 5.78 Å². The number of carbonyl (C=O) groups excluding carboxylic acids is 1. The molecule has 2 aliphatic rings. The standard InChI is InChI=1S/C16H20INO3/c17-16-3-1-2-7-18(16)8-6-13(19)12-4-5-14-15(11-12)21-10-9-20-14/h4-5,11,16H,1-3,6-10H2. The molecule has 21 heavy (non-hydrogen) atoms. The maximum Gasteiger partial charge on any atom is 0.164 e. The average Bonchev–Trinajstić information content (AvgIpc) is 2.53. The zero-order valence-corrected chi connectivity index (χ0v) is 14.2. The second kappa shape index (κ2) is 6.96. The second-order valence-corrected chi connectivity index (χ2v) is 6.94. The van der Waals surface area contributed by atoms with Gasteiger partial charge in [0.15, 0.2) is 17.3 Å². The van der Waals surface area contributed by atoms with Crippen LogP contribution in [0, 0.1) is 0 Å². The molecule has 0 aliphatic carbocycles. The van der Waals surface area contributed by atoms with Gasteiger partial charge in [-0.2, -0.15) is 0 Å². The monoisotopic (exact) mass is 401 g/mol. The number of ketones is 1. The van der Waals surface area contributed by atoms with Gasteiger partial charge in [0.2, 0.25) is 0 Å². The van der Waals surface area contributed by atoms with Crippen molar-refractivity contribution in [2.24, 2.45) is 0 Å². The number of alkyl halides is 1. The summed E-state index contributed by atoms with van der Waals surface area (Å²) in [5, 5.41) is 0. The summed E-state index contributed by atoms with van der Waals surface area (Å²) in [4.78, 5) is 14.8. The van der Waals surface area contributed by atoms with Crippen LogP contribution >= 0.6 is 22.6 Å². The molecule has 0 radical (unpaired) electrons. The number of piperidine rings is 1. The largest absolute Gasteiger partial charge is 0.486 e. The topological polar surface area (TPSA) is 38.8 Å². The van der Waals surface area contributed by atoms with Crippen LogP contribution in [0.25, 0.3) is 0 Å². The molecule has 1 saturated heterocycles. The Balaban J connectivity index is 1.60. The number of rotatable bonds is 4. The van der Waals surface area contributed by atoms with Gasteiger partial charge in [-0.3, -0.25) is 9.69 Å². The Morgan fingerprint density at radius 1 is 1.24 bits per heavy atom. The average molecular weight is 401 g/mol. The van der Waals surface area contributed by atoms with Gasteiger partial charge in [0.1, 0.15) is 13.2 Å². The number of carbonyl (C=O) groups is 1. The summed E-state index contributed by atoms with van der Waals surface area (Å²) in [7, 11) is 0. The van der Waals surface area contributed by atoms with E-state index in [1.54, 1.807) is 0 Å². The molecular weight excluding hydrogens is 381 g/mol. The van der Waals surface area contributed by atoms with Crippen molar-refractivity contribution >= 4 is 28.4 Å². The number of hydrogen-bond donors (Lipinski definition) is 0. The molecule has 114 valence electrons. The van der Waals surface area contributed by atoms with Gasteiger partial charge in [0, 0.05) is 18.5 Å². The summed E-state index contributed by atoms with van der Waals surface area (Å²) < 4.78 is 11.6. The summed E-state index contributed by atoms with van der Waals surface area (Å²) >= 11 is 2.49. The van der Waals surface area contributed by atoms with E-state index >= 15 is 0 Å². The van der Waals surface area contributed by atoms with E-state index in [9.17, 15) is 4.79 Å². The molecule has 1 aromatic carbocycles. The molecule has 1 fully saturated rings. The van der Waals surface area contributed by atoms with Crippen molar-refractivity contribution < 1.29 is 14.3 Å². The molecule has 0 N–H and O–H groups in total. The SMILES string of the molecule is O=C(CCN1CCCCC1I)c1ccc2c(c1)OCCO2. The summed E-state index contributed by atoms with van der Waals surface area (Å²) in [5.74, 6) is 1.61. The fourth-order valence-electron chi connectivity index (χ4n) is 2.81. The number of hydrogen-bond acceptors (Lipinski definition) is 4. The van der Waals surface area contributed by atoms with Crippen molar-refractivity contribution in [1.82, 2.24) is 4.90 Å². The summed E-state index contributed by atoms with van der Waals surface area (Å²) in [6.45, 7) is 3.09. The molecule has 5 heteroatoms. The first kappa shape index (κ1) is 15.1. The summed E-state index contributed by atoms with van der Waals surface area (Å²) in [5.41, 5.74) is 0.723. The molecule has 4 nitrogen and oxygen atoms in total. The maximum atomic E-state index is 12.4. The molecule has 1 unspecified atom stereocenters. The van der Waals surface area contributed by atoms with Crippen LogP contribution in [0.4, 0.5) is 0 Å². The highest BCUT2D eigenvalue weighted by atomic mass is 127. The van der Waals surface area contributed by atoms with Crippen LogP contribution in [-0.4, -0.2) is 41.0 Å². The summed E-state index contributed by atoms with van der Waals surface area (Å²) in [6.07, 6.45) is 4.36. The normalized spacial score (nSPS) is 22.0. The lowest BCUT2D eigenvalue weighted by molar-refractivity contribution is 0.0955. The Labute approximate surface area is 138 Å². The molecule has 0 saturated carbocycles. The van der Waals surface area contributed by atoms with Crippen molar-refractivity contribution in [3.05, 3.63) is 23.8 Å². The van der Waals surface area contributed by atoms with E-state index in [4.69, 9.17) is 9.47 Å². The van der Waals surface area contributed by atoms with Crippen molar-refractivity contribution in [1.29, 1.82) is 0 Å². The van der Waals surface area contributed by atoms with Crippen LogP contribution in [0.3, 0.4) is 0 Å². The minimum absolute atomic E-state index is 0.182. The van der Waals surface area contributed by atoms with Gasteiger partial charge in [0.25, 0.3) is 0 Å². The zero-order valence-electron chi connectivity index (χ0n) is 12.0. The van der Waals surface area contributed by atoms with Gasteiger partial charge in [-0.05, 0) is 44.0 Å². The predicted octanol–water partition coefficient (Wildman–Crippen LogP) is 3.28. The number of Topliss-reactive ketones (excluding diaryl/α,β-unsaturated/α-hetero) is 1. The first-order valence-electron chi connectivity index (χ1n) is 7.55. The van der Waals surface area contributed by atoms with Gasteiger partial charge < -0.3 is 9.47 Å². The molecule has 2 heterocycles. The number of halogens is 1. The first-order chi connectivity index (χ1) is 10.2. The lowest BCUT2D eigenvalue weighted by Gasteiger charge is -2.31. The third kappa shape index (κ3) is 3.69. The van der Waals surface area contributed by atoms with Gasteiger partial charge in [-0.25, -0.2) is 0 Å². The van der Waals surface area contributed by atoms with Gasteiger partial charge in [-0.15, -0.1) is 0 Å². The molecule has 3 rings (SSSR count). The van der Waals surface area contributed by atoms with E-state index in [0.717, 1.165) is 24.4 Å². The van der Waals surface area contributed by atoms with Crippen molar-refractivity contribution in [3.63, 3.8) is 0 Å². The lowest BCUT2D eigenvalue weighted by atomic mass is 10.1. The fraction of sp³-hybridized carbons (Fsp3) is 0.562. The first-order valence-corrected chi connectivity index (χ1v) is 8.79. The Hall–Kier alpha value is -0.820. The molecule has 1 atom stereocenters. The molecule has 1 aromatic rings. The highest BCUT2D eigenvalue weighted by Gasteiger charge is 2.21. The minimum atomic E-state index is 0.182. The summed E-state index contributed by atoms with van der Waals surface area (Å²) in [6, 6.07) is 5.49. The molecule has 0 spiro atoms. The van der Waals surface area contributed by atoms with Crippen LogP contribution in [0.2, 0.25) is 0 Å². The Morgan fingerprint density at radius 3 is 2.86 bits per heavy atom. The molecule has 0 aromatic heterocycles. The number of ether oxygens (including phenoxy) is 2. The Morgan fingerprint density at radius 2 is 2.05 bits per heavy atom. The third-order valence-corrected chi connectivity index (χ3v) is 5.43. The van der Waals surface area contributed by atoms with E-state index in [1.165, 1.54) is 19.3 Å². The van der Waals surface area contributed by atoms with Gasteiger partial charge >= 0.3 is 0 Å². The Kier molecular flexibility index (Phi) is 5.00. The molecule has 2 aliphatic heterocycles. The molecule has 0 bridgehead atoms.